The SMILES string of the molecule is COc1ccc(N(Cc2n[nH]c3c2CCCC3)C(=O)Nc2ccc(F)c(Cl)c2)cn1. The van der Waals surface area contributed by atoms with E-state index in [1.54, 1.807) is 18.3 Å². The number of H-pyrrole nitrogens is 1. The van der Waals surface area contributed by atoms with Gasteiger partial charge in [0.1, 0.15) is 5.82 Å². The highest BCUT2D eigenvalue weighted by molar-refractivity contribution is 6.31. The Morgan fingerprint density at radius 1 is 1.30 bits per heavy atom. The molecular formula is C21H21ClFN5O2. The lowest BCUT2D eigenvalue weighted by atomic mass is 9.96. The Hall–Kier alpha value is -3.13. The first-order chi connectivity index (χ1) is 14.5. The number of fused-ring (bicyclic) bond motifs is 1. The molecule has 0 spiro atoms. The van der Waals surface area contributed by atoms with Crippen LogP contribution in [-0.2, 0) is 19.4 Å². The molecule has 0 unspecified atom stereocenters. The van der Waals surface area contributed by atoms with Gasteiger partial charge in [0.05, 0.1) is 36.3 Å². The summed E-state index contributed by atoms with van der Waals surface area (Å²) in [6.45, 7) is 0.264. The molecule has 30 heavy (non-hydrogen) atoms. The van der Waals surface area contributed by atoms with E-state index in [2.05, 4.69) is 20.5 Å². The van der Waals surface area contributed by atoms with Gasteiger partial charge in [0.2, 0.25) is 5.88 Å². The average Bonchev–Trinajstić information content (AvgIpc) is 3.17. The number of hydrogen-bond donors (Lipinski definition) is 2. The fourth-order valence-corrected chi connectivity index (χ4v) is 3.71. The molecule has 9 heteroatoms. The zero-order valence-electron chi connectivity index (χ0n) is 16.4. The number of aromatic nitrogens is 3. The van der Waals surface area contributed by atoms with Crippen LogP contribution in [0.4, 0.5) is 20.6 Å². The fraction of sp³-hybridized carbons (Fsp3) is 0.286. The smallest absolute Gasteiger partial charge is 0.326 e. The van der Waals surface area contributed by atoms with Crippen LogP contribution in [0.15, 0.2) is 36.5 Å². The summed E-state index contributed by atoms with van der Waals surface area (Å²) in [5.41, 5.74) is 4.10. The number of carbonyl (C=O) groups is 1. The number of urea groups is 1. The Morgan fingerprint density at radius 2 is 2.13 bits per heavy atom. The van der Waals surface area contributed by atoms with E-state index in [-0.39, 0.29) is 11.6 Å². The molecule has 156 valence electrons. The zero-order chi connectivity index (χ0) is 21.1. The first-order valence-electron chi connectivity index (χ1n) is 9.63. The molecule has 0 saturated carbocycles. The van der Waals surface area contributed by atoms with Crippen molar-refractivity contribution in [3.63, 3.8) is 0 Å². The molecule has 2 aromatic heterocycles. The Balaban J connectivity index is 1.63. The van der Waals surface area contributed by atoms with Crippen molar-refractivity contribution in [2.45, 2.75) is 32.2 Å². The maximum Gasteiger partial charge on any atom is 0.326 e. The van der Waals surface area contributed by atoms with Crippen LogP contribution in [0.5, 0.6) is 5.88 Å². The number of aromatic amines is 1. The second kappa shape index (κ2) is 8.71. The molecule has 0 fully saturated rings. The number of nitrogens with zero attached hydrogens (tertiary/aromatic N) is 3. The highest BCUT2D eigenvalue weighted by Gasteiger charge is 2.23. The van der Waals surface area contributed by atoms with Crippen LogP contribution in [0.3, 0.4) is 0 Å². The van der Waals surface area contributed by atoms with Crippen molar-refractivity contribution in [3.05, 3.63) is 64.3 Å². The average molecular weight is 430 g/mol. The van der Waals surface area contributed by atoms with Gasteiger partial charge in [-0.15, -0.1) is 0 Å². The van der Waals surface area contributed by atoms with E-state index in [4.69, 9.17) is 16.3 Å². The van der Waals surface area contributed by atoms with Gasteiger partial charge in [-0.25, -0.2) is 14.2 Å². The Morgan fingerprint density at radius 3 is 2.87 bits per heavy atom. The summed E-state index contributed by atoms with van der Waals surface area (Å²) in [6, 6.07) is 7.07. The first kappa shape index (κ1) is 20.2. The summed E-state index contributed by atoms with van der Waals surface area (Å²) >= 11 is 5.84. The van der Waals surface area contributed by atoms with Gasteiger partial charge in [-0.2, -0.15) is 5.10 Å². The Labute approximate surface area is 178 Å². The highest BCUT2D eigenvalue weighted by Crippen LogP contribution is 2.26. The van der Waals surface area contributed by atoms with Gasteiger partial charge in [-0.1, -0.05) is 11.6 Å². The summed E-state index contributed by atoms with van der Waals surface area (Å²) in [6.07, 6.45) is 5.70. The normalized spacial score (nSPS) is 12.9. The highest BCUT2D eigenvalue weighted by atomic mass is 35.5. The maximum atomic E-state index is 13.5. The first-order valence-corrected chi connectivity index (χ1v) is 10.0. The summed E-state index contributed by atoms with van der Waals surface area (Å²) in [4.78, 5) is 18.9. The van der Waals surface area contributed by atoms with Crippen molar-refractivity contribution < 1.29 is 13.9 Å². The molecule has 1 aliphatic rings. The summed E-state index contributed by atoms with van der Waals surface area (Å²) < 4.78 is 18.6. The van der Waals surface area contributed by atoms with E-state index < -0.39 is 11.8 Å². The number of ether oxygens (including phenoxy) is 1. The molecule has 1 aromatic carbocycles. The second-order valence-corrected chi connectivity index (χ2v) is 7.45. The van der Waals surface area contributed by atoms with E-state index in [0.717, 1.165) is 37.1 Å². The van der Waals surface area contributed by atoms with Crippen LogP contribution in [0.1, 0.15) is 29.8 Å². The molecule has 1 aliphatic carbocycles. The zero-order valence-corrected chi connectivity index (χ0v) is 17.2. The van der Waals surface area contributed by atoms with Gasteiger partial charge >= 0.3 is 6.03 Å². The lowest BCUT2D eigenvalue weighted by Gasteiger charge is -2.23. The number of methoxy groups -OCH3 is 1. The molecule has 0 saturated heterocycles. The lowest BCUT2D eigenvalue weighted by Crippen LogP contribution is -2.35. The van der Waals surface area contributed by atoms with E-state index >= 15 is 0 Å². The third-order valence-electron chi connectivity index (χ3n) is 5.11. The van der Waals surface area contributed by atoms with E-state index in [1.165, 1.54) is 35.8 Å². The third kappa shape index (κ3) is 4.23. The number of aryl methyl sites for hydroxylation is 1. The third-order valence-corrected chi connectivity index (χ3v) is 5.40. The molecule has 2 N–H and O–H groups in total. The number of halogens is 2. The molecule has 3 aromatic rings. The Kier molecular flexibility index (Phi) is 5.85. The van der Waals surface area contributed by atoms with Crippen molar-refractivity contribution in [1.29, 1.82) is 0 Å². The van der Waals surface area contributed by atoms with E-state index in [9.17, 15) is 9.18 Å². The van der Waals surface area contributed by atoms with Crippen LogP contribution < -0.4 is 15.0 Å². The van der Waals surface area contributed by atoms with Gasteiger partial charge in [0, 0.05) is 17.4 Å². The number of hydrogen-bond acceptors (Lipinski definition) is 4. The van der Waals surface area contributed by atoms with Crippen molar-refractivity contribution >= 4 is 29.0 Å². The number of rotatable bonds is 5. The number of carbonyl (C=O) groups excluding carboxylic acids is 1. The molecule has 2 heterocycles. The largest absolute Gasteiger partial charge is 0.481 e. The molecule has 0 radical (unpaired) electrons. The number of pyridine rings is 1. The monoisotopic (exact) mass is 429 g/mol. The van der Waals surface area contributed by atoms with E-state index in [1.807, 2.05) is 0 Å². The van der Waals surface area contributed by atoms with Gasteiger partial charge in [-0.05, 0) is 55.5 Å². The standard InChI is InChI=1S/C21H21ClFN5O2/c1-30-20-9-7-14(11-24-20)28(12-19-15-4-2-3-5-18(15)26-27-19)21(29)25-13-6-8-17(23)16(22)10-13/h6-11H,2-5,12H2,1H3,(H,25,29)(H,26,27). The van der Waals surface area contributed by atoms with Crippen LogP contribution in [-0.4, -0.2) is 28.3 Å². The number of nitrogens with one attached hydrogen (secondary N) is 2. The van der Waals surface area contributed by atoms with Crippen molar-refractivity contribution in [1.82, 2.24) is 15.2 Å². The van der Waals surface area contributed by atoms with Gasteiger partial charge in [0.15, 0.2) is 0 Å². The van der Waals surface area contributed by atoms with Gasteiger partial charge < -0.3 is 10.1 Å². The van der Waals surface area contributed by atoms with Crippen LogP contribution in [0.25, 0.3) is 0 Å². The van der Waals surface area contributed by atoms with Crippen molar-refractivity contribution in [3.8, 4) is 5.88 Å². The minimum Gasteiger partial charge on any atom is -0.481 e. The van der Waals surface area contributed by atoms with E-state index in [0.29, 0.717) is 17.3 Å². The lowest BCUT2D eigenvalue weighted by molar-refractivity contribution is 0.256. The maximum absolute atomic E-state index is 13.5. The predicted molar refractivity (Wildman–Crippen MR) is 113 cm³/mol. The van der Waals surface area contributed by atoms with Gasteiger partial charge in [-0.3, -0.25) is 10.00 Å². The number of benzene rings is 1. The summed E-state index contributed by atoms with van der Waals surface area (Å²) in [5.74, 6) is -0.101. The second-order valence-electron chi connectivity index (χ2n) is 7.04. The number of amides is 2. The molecule has 0 aliphatic heterocycles. The molecule has 7 nitrogen and oxygen atoms in total. The minimum absolute atomic E-state index is 0.0631. The molecule has 0 bridgehead atoms. The Bertz CT molecular complexity index is 1050. The molecule has 4 rings (SSSR count). The van der Waals surface area contributed by atoms with Crippen LogP contribution >= 0.6 is 11.6 Å². The molecule has 0 atom stereocenters. The summed E-state index contributed by atoms with van der Waals surface area (Å²) in [7, 11) is 1.53. The van der Waals surface area contributed by atoms with Gasteiger partial charge in [0.25, 0.3) is 0 Å². The molecule has 2 amide bonds. The molecular weight excluding hydrogens is 409 g/mol. The van der Waals surface area contributed by atoms with Crippen LogP contribution in [0.2, 0.25) is 5.02 Å². The fourth-order valence-electron chi connectivity index (χ4n) is 3.53. The topological polar surface area (TPSA) is 83.1 Å². The van der Waals surface area contributed by atoms with Crippen LogP contribution in [0, 0.1) is 5.82 Å². The van der Waals surface area contributed by atoms with Crippen molar-refractivity contribution in [2.24, 2.45) is 0 Å². The quantitative estimate of drug-likeness (QED) is 0.614. The number of anilines is 2. The minimum atomic E-state index is -0.547. The van der Waals surface area contributed by atoms with Crippen molar-refractivity contribution in [2.75, 3.05) is 17.3 Å². The predicted octanol–water partition coefficient (Wildman–Crippen LogP) is 4.72. The summed E-state index contributed by atoms with van der Waals surface area (Å²) in [5, 5.41) is 10.3.